The standard InChI is InChI=1S/C11H19OSi/c1-8-11(7,12-13)10(5,6)9(2,3)4/h1H,2-7H3. The van der Waals surface area contributed by atoms with Crippen LogP contribution in [0.4, 0.5) is 0 Å². The van der Waals surface area contributed by atoms with E-state index >= 15 is 0 Å². The van der Waals surface area contributed by atoms with Gasteiger partial charge in [0.2, 0.25) is 10.5 Å². The molecule has 2 heteroatoms. The van der Waals surface area contributed by atoms with Crippen molar-refractivity contribution < 1.29 is 4.43 Å². The van der Waals surface area contributed by atoms with E-state index in [1.54, 1.807) is 0 Å². The Labute approximate surface area is 85.8 Å². The van der Waals surface area contributed by atoms with Gasteiger partial charge in [0.1, 0.15) is 5.60 Å². The van der Waals surface area contributed by atoms with Crippen molar-refractivity contribution in [2.75, 3.05) is 0 Å². The summed E-state index contributed by atoms with van der Waals surface area (Å²) in [6.07, 6.45) is 5.49. The van der Waals surface area contributed by atoms with Crippen molar-refractivity contribution in [1.29, 1.82) is 0 Å². The van der Waals surface area contributed by atoms with Gasteiger partial charge in [-0.25, -0.2) is 0 Å². The predicted octanol–water partition coefficient (Wildman–Crippen LogP) is 2.55. The number of terminal acetylenes is 1. The summed E-state index contributed by atoms with van der Waals surface area (Å²) in [4.78, 5) is 0. The molecule has 73 valence electrons. The van der Waals surface area contributed by atoms with E-state index < -0.39 is 5.60 Å². The van der Waals surface area contributed by atoms with Gasteiger partial charge in [-0.05, 0) is 12.3 Å². The molecule has 0 spiro atoms. The lowest BCUT2D eigenvalue weighted by atomic mass is 9.60. The van der Waals surface area contributed by atoms with E-state index in [4.69, 9.17) is 10.8 Å². The summed E-state index contributed by atoms with van der Waals surface area (Å²) >= 11 is 0. The first-order chi connectivity index (χ1) is 5.62. The van der Waals surface area contributed by atoms with Crippen LogP contribution in [0, 0.1) is 23.2 Å². The van der Waals surface area contributed by atoms with E-state index in [0.717, 1.165) is 0 Å². The topological polar surface area (TPSA) is 9.23 Å². The van der Waals surface area contributed by atoms with Crippen molar-refractivity contribution in [3.05, 3.63) is 0 Å². The third-order valence-electron chi connectivity index (χ3n) is 3.55. The van der Waals surface area contributed by atoms with Gasteiger partial charge in [0, 0.05) is 5.41 Å². The van der Waals surface area contributed by atoms with E-state index in [0.29, 0.717) is 0 Å². The SMILES string of the molecule is C#CC(C)(O[Si])C(C)(C)C(C)(C)C. The zero-order valence-corrected chi connectivity index (χ0v) is 10.5. The zero-order chi connectivity index (χ0) is 10.9. The highest BCUT2D eigenvalue weighted by Crippen LogP contribution is 2.47. The summed E-state index contributed by atoms with van der Waals surface area (Å²) in [6.45, 7) is 12.6. The van der Waals surface area contributed by atoms with Gasteiger partial charge in [-0.2, -0.15) is 0 Å². The Morgan fingerprint density at radius 2 is 1.46 bits per heavy atom. The lowest BCUT2D eigenvalue weighted by Gasteiger charge is -2.48. The van der Waals surface area contributed by atoms with Gasteiger partial charge in [0.05, 0.1) is 0 Å². The van der Waals surface area contributed by atoms with Gasteiger partial charge in [0.15, 0.2) is 0 Å². The maximum Gasteiger partial charge on any atom is 0.248 e. The molecule has 0 saturated heterocycles. The Hall–Kier alpha value is -0.263. The zero-order valence-electron chi connectivity index (χ0n) is 9.49. The first kappa shape index (κ1) is 12.7. The first-order valence-corrected chi connectivity index (χ1v) is 4.86. The van der Waals surface area contributed by atoms with E-state index in [2.05, 4.69) is 51.0 Å². The van der Waals surface area contributed by atoms with Gasteiger partial charge in [-0.15, -0.1) is 6.42 Å². The maximum atomic E-state index is 5.49. The molecule has 0 aliphatic carbocycles. The summed E-state index contributed by atoms with van der Waals surface area (Å²) in [5.74, 6) is 2.70. The van der Waals surface area contributed by atoms with E-state index in [-0.39, 0.29) is 10.8 Å². The fourth-order valence-corrected chi connectivity index (χ4v) is 1.37. The lowest BCUT2D eigenvalue weighted by Crippen LogP contribution is -2.50. The Balaban J connectivity index is 5.16. The molecule has 1 atom stereocenters. The molecule has 3 radical (unpaired) electrons. The third-order valence-corrected chi connectivity index (χ3v) is 3.96. The smallest absolute Gasteiger partial charge is 0.248 e. The van der Waals surface area contributed by atoms with E-state index in [1.165, 1.54) is 0 Å². The van der Waals surface area contributed by atoms with Gasteiger partial charge in [-0.1, -0.05) is 40.5 Å². The fourth-order valence-electron chi connectivity index (χ4n) is 1.05. The molecule has 13 heavy (non-hydrogen) atoms. The van der Waals surface area contributed by atoms with Crippen molar-refractivity contribution in [1.82, 2.24) is 0 Å². The molecule has 0 N–H and O–H groups in total. The average Bonchev–Trinajstić information content (AvgIpc) is 2.00. The van der Waals surface area contributed by atoms with Crippen LogP contribution in [0.3, 0.4) is 0 Å². The molecule has 0 aliphatic heterocycles. The van der Waals surface area contributed by atoms with Crippen LogP contribution in [0.5, 0.6) is 0 Å². The molecule has 0 bridgehead atoms. The molecule has 0 aliphatic rings. The molecule has 0 saturated carbocycles. The molecular weight excluding hydrogens is 176 g/mol. The van der Waals surface area contributed by atoms with E-state index in [1.807, 2.05) is 6.92 Å². The van der Waals surface area contributed by atoms with Gasteiger partial charge in [0.25, 0.3) is 0 Å². The minimum atomic E-state index is -0.595. The molecule has 0 amide bonds. The molecular formula is C11H19OSi. The highest BCUT2D eigenvalue weighted by molar-refractivity contribution is 5.98. The lowest BCUT2D eigenvalue weighted by molar-refractivity contribution is -0.0441. The predicted molar refractivity (Wildman–Crippen MR) is 57.3 cm³/mol. The normalized spacial score (nSPS) is 17.7. The number of rotatable bonds is 2. The van der Waals surface area contributed by atoms with Crippen molar-refractivity contribution >= 4 is 10.5 Å². The van der Waals surface area contributed by atoms with Crippen LogP contribution in [-0.2, 0) is 4.43 Å². The Bertz CT molecular complexity index is 219. The van der Waals surface area contributed by atoms with Crippen molar-refractivity contribution in [3.63, 3.8) is 0 Å². The summed E-state index contributed by atoms with van der Waals surface area (Å²) in [7, 11) is 3.07. The third kappa shape index (κ3) is 1.97. The van der Waals surface area contributed by atoms with Crippen LogP contribution in [0.25, 0.3) is 0 Å². The van der Waals surface area contributed by atoms with Crippen LogP contribution in [0.2, 0.25) is 0 Å². The van der Waals surface area contributed by atoms with Crippen molar-refractivity contribution in [3.8, 4) is 12.3 Å². The monoisotopic (exact) mass is 195 g/mol. The first-order valence-electron chi connectivity index (χ1n) is 4.45. The molecule has 0 aromatic heterocycles. The van der Waals surface area contributed by atoms with Gasteiger partial charge in [-0.3, -0.25) is 0 Å². The van der Waals surface area contributed by atoms with Crippen LogP contribution < -0.4 is 0 Å². The fraction of sp³-hybridized carbons (Fsp3) is 0.818. The second-order valence-corrected chi connectivity index (χ2v) is 5.36. The van der Waals surface area contributed by atoms with Crippen LogP contribution >= 0.6 is 0 Å². The second-order valence-electron chi connectivity index (χ2n) is 5.15. The molecule has 0 aromatic rings. The number of hydrogen-bond donors (Lipinski definition) is 0. The molecule has 0 aromatic carbocycles. The number of hydrogen-bond acceptors (Lipinski definition) is 1. The summed E-state index contributed by atoms with van der Waals surface area (Å²) in [5.41, 5.74) is -0.626. The van der Waals surface area contributed by atoms with E-state index in [9.17, 15) is 0 Å². The highest BCUT2D eigenvalue weighted by atomic mass is 28.2. The van der Waals surface area contributed by atoms with Gasteiger partial charge < -0.3 is 4.43 Å². The summed E-state index contributed by atoms with van der Waals surface area (Å²) in [5, 5.41) is 0. The average molecular weight is 195 g/mol. The summed E-state index contributed by atoms with van der Waals surface area (Å²) in [6, 6.07) is 0. The molecule has 0 fully saturated rings. The van der Waals surface area contributed by atoms with Crippen molar-refractivity contribution in [2.24, 2.45) is 10.8 Å². The largest absolute Gasteiger partial charge is 0.402 e. The minimum Gasteiger partial charge on any atom is -0.402 e. The summed E-state index contributed by atoms with van der Waals surface area (Å²) < 4.78 is 5.25. The Morgan fingerprint density at radius 3 is 1.54 bits per heavy atom. The molecule has 0 rings (SSSR count). The van der Waals surface area contributed by atoms with Crippen molar-refractivity contribution in [2.45, 2.75) is 47.1 Å². The quantitative estimate of drug-likeness (QED) is 0.486. The molecule has 1 nitrogen and oxygen atoms in total. The van der Waals surface area contributed by atoms with Crippen LogP contribution in [0.15, 0.2) is 0 Å². The Morgan fingerprint density at radius 1 is 1.08 bits per heavy atom. The Kier molecular flexibility index (Phi) is 3.40. The minimum absolute atomic E-state index is 0.0841. The second kappa shape index (κ2) is 3.47. The molecule has 0 heterocycles. The molecule has 1 unspecified atom stereocenters. The van der Waals surface area contributed by atoms with Gasteiger partial charge >= 0.3 is 0 Å². The maximum absolute atomic E-state index is 5.49. The van der Waals surface area contributed by atoms with Crippen LogP contribution in [-0.4, -0.2) is 16.1 Å². The highest BCUT2D eigenvalue weighted by Gasteiger charge is 2.47. The van der Waals surface area contributed by atoms with Crippen LogP contribution in [0.1, 0.15) is 41.5 Å².